The molecule has 104 valence electrons. The van der Waals surface area contributed by atoms with Crippen LogP contribution in [0.5, 0.6) is 5.75 Å². The van der Waals surface area contributed by atoms with Crippen molar-refractivity contribution in [1.29, 1.82) is 0 Å². The molecule has 1 unspecified atom stereocenters. The number of benzene rings is 1. The number of hydrogen-bond donors (Lipinski definition) is 2. The molecule has 1 atom stereocenters. The van der Waals surface area contributed by atoms with E-state index in [0.717, 1.165) is 30.6 Å². The van der Waals surface area contributed by atoms with Gasteiger partial charge in [0.15, 0.2) is 6.61 Å². The molecule has 2 N–H and O–H groups in total. The zero-order valence-corrected chi connectivity index (χ0v) is 11.6. The maximum atomic E-state index is 11.6. The molecule has 4 nitrogen and oxygen atoms in total. The highest BCUT2D eigenvalue weighted by Gasteiger charge is 2.23. The van der Waals surface area contributed by atoms with Crippen LogP contribution in [0.1, 0.15) is 37.8 Å². The summed E-state index contributed by atoms with van der Waals surface area (Å²) in [5.41, 5.74) is 1.10. The van der Waals surface area contributed by atoms with Crippen LogP contribution >= 0.6 is 0 Å². The average Bonchev–Trinajstić information content (AvgIpc) is 3.23. The van der Waals surface area contributed by atoms with Crippen molar-refractivity contribution >= 4 is 5.91 Å². The molecule has 0 aliphatic heterocycles. The number of para-hydroxylation sites is 1. The summed E-state index contributed by atoms with van der Waals surface area (Å²) in [5.74, 6) is 0.754. The van der Waals surface area contributed by atoms with Crippen LogP contribution in [-0.2, 0) is 4.79 Å². The number of nitrogens with one attached hydrogen (secondary N) is 2. The van der Waals surface area contributed by atoms with Gasteiger partial charge in [-0.1, -0.05) is 25.1 Å². The van der Waals surface area contributed by atoms with Crippen molar-refractivity contribution in [2.75, 3.05) is 13.7 Å². The van der Waals surface area contributed by atoms with Gasteiger partial charge in [-0.05, 0) is 32.4 Å². The van der Waals surface area contributed by atoms with Gasteiger partial charge in [0.1, 0.15) is 5.75 Å². The number of carbonyl (C=O) groups excluding carboxylic acids is 1. The zero-order chi connectivity index (χ0) is 13.7. The SMILES string of the molecule is CCC(NC)c1ccccc1OCC(=O)NC1CC1. The highest BCUT2D eigenvalue weighted by molar-refractivity contribution is 5.78. The largest absolute Gasteiger partial charge is 0.483 e. The Morgan fingerprint density at radius 3 is 2.79 bits per heavy atom. The van der Waals surface area contributed by atoms with Gasteiger partial charge in [-0.2, -0.15) is 0 Å². The molecule has 1 aliphatic rings. The molecular formula is C15H22N2O2. The molecule has 1 aliphatic carbocycles. The van der Waals surface area contributed by atoms with Gasteiger partial charge < -0.3 is 15.4 Å². The second-order valence-electron chi connectivity index (χ2n) is 4.92. The van der Waals surface area contributed by atoms with Crippen molar-refractivity contribution in [1.82, 2.24) is 10.6 Å². The van der Waals surface area contributed by atoms with Gasteiger partial charge in [0.2, 0.25) is 0 Å². The lowest BCUT2D eigenvalue weighted by Gasteiger charge is -2.18. The molecule has 2 rings (SSSR count). The molecule has 1 amide bonds. The molecule has 0 aromatic heterocycles. The monoisotopic (exact) mass is 262 g/mol. The minimum atomic E-state index is -0.0326. The molecule has 1 fully saturated rings. The molecular weight excluding hydrogens is 240 g/mol. The number of ether oxygens (including phenoxy) is 1. The van der Waals surface area contributed by atoms with Crippen LogP contribution in [-0.4, -0.2) is 25.6 Å². The van der Waals surface area contributed by atoms with Crippen LogP contribution in [0.4, 0.5) is 0 Å². The quantitative estimate of drug-likeness (QED) is 0.790. The first-order chi connectivity index (χ1) is 9.24. The van der Waals surface area contributed by atoms with Crippen molar-refractivity contribution in [3.8, 4) is 5.75 Å². The predicted octanol–water partition coefficient (Wildman–Crippen LogP) is 2.01. The Morgan fingerprint density at radius 1 is 1.42 bits per heavy atom. The molecule has 0 radical (unpaired) electrons. The molecule has 0 spiro atoms. The van der Waals surface area contributed by atoms with E-state index < -0.39 is 0 Å². The van der Waals surface area contributed by atoms with Gasteiger partial charge in [-0.3, -0.25) is 4.79 Å². The fourth-order valence-electron chi connectivity index (χ4n) is 2.12. The Labute approximate surface area is 114 Å². The number of hydrogen-bond acceptors (Lipinski definition) is 3. The van der Waals surface area contributed by atoms with Crippen molar-refractivity contribution in [3.05, 3.63) is 29.8 Å². The average molecular weight is 262 g/mol. The fraction of sp³-hybridized carbons (Fsp3) is 0.533. The van der Waals surface area contributed by atoms with Crippen molar-refractivity contribution in [2.24, 2.45) is 0 Å². The first-order valence-electron chi connectivity index (χ1n) is 6.93. The first-order valence-corrected chi connectivity index (χ1v) is 6.93. The maximum absolute atomic E-state index is 11.6. The van der Waals surface area contributed by atoms with E-state index in [1.807, 2.05) is 31.3 Å². The summed E-state index contributed by atoms with van der Waals surface area (Å²) in [6.07, 6.45) is 3.17. The van der Waals surface area contributed by atoms with Crippen LogP contribution in [0.25, 0.3) is 0 Å². The third-order valence-electron chi connectivity index (χ3n) is 3.35. The summed E-state index contributed by atoms with van der Waals surface area (Å²) in [4.78, 5) is 11.6. The highest BCUT2D eigenvalue weighted by atomic mass is 16.5. The van der Waals surface area contributed by atoms with Gasteiger partial charge in [0.05, 0.1) is 0 Å². The second kappa shape index (κ2) is 6.57. The van der Waals surface area contributed by atoms with E-state index >= 15 is 0 Å². The van der Waals surface area contributed by atoms with Crippen molar-refractivity contribution in [2.45, 2.75) is 38.3 Å². The molecule has 0 saturated heterocycles. The molecule has 0 heterocycles. The number of carbonyl (C=O) groups is 1. The Bertz CT molecular complexity index is 426. The van der Waals surface area contributed by atoms with Gasteiger partial charge >= 0.3 is 0 Å². The normalized spacial score (nSPS) is 15.9. The summed E-state index contributed by atoms with van der Waals surface area (Å²) in [7, 11) is 1.94. The summed E-state index contributed by atoms with van der Waals surface area (Å²) >= 11 is 0. The predicted molar refractivity (Wildman–Crippen MR) is 75.2 cm³/mol. The van der Waals surface area contributed by atoms with E-state index in [4.69, 9.17) is 4.74 Å². The first kappa shape index (κ1) is 13.9. The Morgan fingerprint density at radius 2 is 2.16 bits per heavy atom. The van der Waals surface area contributed by atoms with Crippen LogP contribution in [0.3, 0.4) is 0 Å². The zero-order valence-electron chi connectivity index (χ0n) is 11.6. The van der Waals surface area contributed by atoms with Crippen LogP contribution in [0, 0.1) is 0 Å². The molecule has 1 saturated carbocycles. The summed E-state index contributed by atoms with van der Waals surface area (Å²) in [5, 5.41) is 6.18. The van der Waals surface area contributed by atoms with E-state index in [1.165, 1.54) is 0 Å². The van der Waals surface area contributed by atoms with Crippen LogP contribution in [0.15, 0.2) is 24.3 Å². The minimum absolute atomic E-state index is 0.0326. The van der Waals surface area contributed by atoms with E-state index in [9.17, 15) is 4.79 Å². The van der Waals surface area contributed by atoms with E-state index in [-0.39, 0.29) is 18.6 Å². The smallest absolute Gasteiger partial charge is 0.258 e. The van der Waals surface area contributed by atoms with Gasteiger partial charge in [-0.25, -0.2) is 0 Å². The fourth-order valence-corrected chi connectivity index (χ4v) is 2.12. The number of amides is 1. The molecule has 1 aromatic rings. The third-order valence-corrected chi connectivity index (χ3v) is 3.35. The lowest BCUT2D eigenvalue weighted by atomic mass is 10.0. The van der Waals surface area contributed by atoms with Gasteiger partial charge in [0.25, 0.3) is 5.91 Å². The maximum Gasteiger partial charge on any atom is 0.258 e. The molecule has 1 aromatic carbocycles. The topological polar surface area (TPSA) is 50.4 Å². The van der Waals surface area contributed by atoms with Crippen LogP contribution in [0.2, 0.25) is 0 Å². The second-order valence-corrected chi connectivity index (χ2v) is 4.92. The van der Waals surface area contributed by atoms with Gasteiger partial charge in [-0.15, -0.1) is 0 Å². The van der Waals surface area contributed by atoms with Gasteiger partial charge in [0, 0.05) is 17.6 Å². The Kier molecular flexibility index (Phi) is 4.80. The van der Waals surface area contributed by atoms with Crippen molar-refractivity contribution < 1.29 is 9.53 Å². The number of rotatable bonds is 7. The Balaban J connectivity index is 1.96. The summed E-state index contributed by atoms with van der Waals surface area (Å²) in [6.45, 7) is 2.21. The van der Waals surface area contributed by atoms with E-state index in [0.29, 0.717) is 6.04 Å². The van der Waals surface area contributed by atoms with Crippen molar-refractivity contribution in [3.63, 3.8) is 0 Å². The lowest BCUT2D eigenvalue weighted by Crippen LogP contribution is -2.30. The minimum Gasteiger partial charge on any atom is -0.483 e. The molecule has 19 heavy (non-hydrogen) atoms. The third kappa shape index (κ3) is 3.96. The highest BCUT2D eigenvalue weighted by Crippen LogP contribution is 2.26. The summed E-state index contributed by atoms with van der Waals surface area (Å²) in [6, 6.07) is 8.51. The summed E-state index contributed by atoms with van der Waals surface area (Å²) < 4.78 is 5.66. The Hall–Kier alpha value is -1.55. The standard InChI is InChI=1S/C15H22N2O2/c1-3-13(16-2)12-6-4-5-7-14(12)19-10-15(18)17-11-8-9-11/h4-7,11,13,16H,3,8-10H2,1-2H3,(H,17,18). The lowest BCUT2D eigenvalue weighted by molar-refractivity contribution is -0.123. The van der Waals surface area contributed by atoms with Crippen LogP contribution < -0.4 is 15.4 Å². The van der Waals surface area contributed by atoms with E-state index in [2.05, 4.69) is 17.6 Å². The molecule has 4 heteroatoms. The molecule has 0 bridgehead atoms. The van der Waals surface area contributed by atoms with E-state index in [1.54, 1.807) is 0 Å².